The molecule has 4 amide bonds. The van der Waals surface area contributed by atoms with Gasteiger partial charge < -0.3 is 25.0 Å². The summed E-state index contributed by atoms with van der Waals surface area (Å²) >= 11 is 0. The van der Waals surface area contributed by atoms with E-state index in [-0.39, 0.29) is 49.6 Å². The van der Waals surface area contributed by atoms with Crippen LogP contribution in [0.1, 0.15) is 19.8 Å². The molecule has 1 atom stereocenters. The van der Waals surface area contributed by atoms with Crippen LogP contribution in [-0.4, -0.2) is 94.7 Å². The molecule has 1 aromatic carbocycles. The van der Waals surface area contributed by atoms with Crippen molar-refractivity contribution in [3.8, 4) is 0 Å². The quantitative estimate of drug-likeness (QED) is 0.421. The predicted octanol–water partition coefficient (Wildman–Crippen LogP) is 2.11. The minimum absolute atomic E-state index is 0.00335. The Labute approximate surface area is 212 Å². The van der Waals surface area contributed by atoms with Crippen molar-refractivity contribution in [2.24, 2.45) is 0 Å². The van der Waals surface area contributed by atoms with Crippen LogP contribution in [0.4, 0.5) is 34.1 Å². The Balaban J connectivity index is 1.58. The van der Waals surface area contributed by atoms with Crippen molar-refractivity contribution >= 4 is 29.4 Å². The molecule has 14 heteroatoms. The van der Waals surface area contributed by atoms with Crippen molar-refractivity contribution in [1.29, 1.82) is 0 Å². The lowest BCUT2D eigenvalue weighted by molar-refractivity contribution is -0.132. The summed E-state index contributed by atoms with van der Waals surface area (Å²) in [5, 5.41) is 6.08. The van der Waals surface area contributed by atoms with Crippen LogP contribution < -0.4 is 20.4 Å². The van der Waals surface area contributed by atoms with Crippen molar-refractivity contribution in [3.05, 3.63) is 24.0 Å². The number of rotatable bonds is 11. The number of nitrogens with one attached hydrogen (secondary N) is 2. The molecule has 2 heterocycles. The van der Waals surface area contributed by atoms with Gasteiger partial charge in [0.2, 0.25) is 0 Å². The number of hydrogen-bond acceptors (Lipinski definition) is 7. The molecular weight excluding hydrogens is 499 g/mol. The number of benzene rings is 1. The molecule has 37 heavy (non-hydrogen) atoms. The first-order chi connectivity index (χ1) is 17.7. The van der Waals surface area contributed by atoms with E-state index in [2.05, 4.69) is 5.32 Å². The molecule has 0 aromatic heterocycles. The second-order valence-electron chi connectivity index (χ2n) is 8.50. The van der Waals surface area contributed by atoms with Crippen LogP contribution in [-0.2, 0) is 19.1 Å². The number of ether oxygens (including phenoxy) is 2. The second kappa shape index (κ2) is 13.3. The van der Waals surface area contributed by atoms with Crippen LogP contribution in [0.25, 0.3) is 0 Å². The van der Waals surface area contributed by atoms with Crippen LogP contribution in [0, 0.1) is 5.82 Å². The Hall–Kier alpha value is -3.26. The number of amides is 4. The normalized spacial score (nSPS) is 18.1. The number of nitrogens with zero attached hydrogens (tertiary/aromatic N) is 3. The summed E-state index contributed by atoms with van der Waals surface area (Å²) in [6, 6.07) is 3.84. The smallest absolute Gasteiger partial charge is 0.414 e. The number of carbonyl (C=O) groups is 3. The van der Waals surface area contributed by atoms with Crippen molar-refractivity contribution < 1.29 is 41.9 Å². The highest BCUT2D eigenvalue weighted by Crippen LogP contribution is 2.28. The number of cyclic esters (lactones) is 1. The van der Waals surface area contributed by atoms with Crippen molar-refractivity contribution in [1.82, 2.24) is 15.7 Å². The number of hydrogen-bond donors (Lipinski definition) is 2. The van der Waals surface area contributed by atoms with E-state index >= 15 is 4.39 Å². The molecule has 206 valence electrons. The highest BCUT2D eigenvalue weighted by Gasteiger charge is 2.33. The van der Waals surface area contributed by atoms with Crippen molar-refractivity contribution in [2.45, 2.75) is 38.3 Å². The molecule has 1 aromatic rings. The summed E-state index contributed by atoms with van der Waals surface area (Å²) in [5.41, 5.74) is 0.486. The highest BCUT2D eigenvalue weighted by molar-refractivity contribution is 5.90. The highest BCUT2D eigenvalue weighted by atomic mass is 19.3. The van der Waals surface area contributed by atoms with Gasteiger partial charge in [0.1, 0.15) is 11.9 Å². The van der Waals surface area contributed by atoms with Gasteiger partial charge in [0.25, 0.3) is 5.91 Å². The topological polar surface area (TPSA) is 113 Å². The monoisotopic (exact) mass is 531 g/mol. The zero-order chi connectivity index (χ0) is 26.9. The van der Waals surface area contributed by atoms with Crippen molar-refractivity contribution in [2.75, 3.05) is 62.8 Å². The lowest BCUT2D eigenvalue weighted by Gasteiger charge is -2.30. The first kappa shape index (κ1) is 28.3. The minimum Gasteiger partial charge on any atom is -0.442 e. The molecule has 11 nitrogen and oxygen atoms in total. The summed E-state index contributed by atoms with van der Waals surface area (Å²) < 4.78 is 50.1. The first-order valence-electron chi connectivity index (χ1n) is 12.0. The van der Waals surface area contributed by atoms with E-state index in [1.54, 1.807) is 4.90 Å². The Morgan fingerprint density at radius 3 is 2.59 bits per heavy atom. The van der Waals surface area contributed by atoms with Gasteiger partial charge in [0.05, 0.1) is 38.1 Å². The molecule has 0 saturated carbocycles. The van der Waals surface area contributed by atoms with E-state index in [1.165, 1.54) is 30.4 Å². The number of anilines is 2. The van der Waals surface area contributed by atoms with Gasteiger partial charge in [-0.1, -0.05) is 0 Å². The third-order valence-corrected chi connectivity index (χ3v) is 6.11. The fourth-order valence-corrected chi connectivity index (χ4v) is 4.08. The summed E-state index contributed by atoms with van der Waals surface area (Å²) in [6.45, 7) is 3.57. The average Bonchev–Trinajstić information content (AvgIpc) is 3.26. The summed E-state index contributed by atoms with van der Waals surface area (Å²) in [7, 11) is 1.39. The first-order valence-corrected chi connectivity index (χ1v) is 12.0. The second-order valence-corrected chi connectivity index (χ2v) is 8.50. The van der Waals surface area contributed by atoms with Gasteiger partial charge in [-0.25, -0.2) is 19.0 Å². The Kier molecular flexibility index (Phi) is 10.2. The lowest BCUT2D eigenvalue weighted by atomic mass is 10.1. The number of urea groups is 1. The van der Waals surface area contributed by atoms with Crippen molar-refractivity contribution in [3.63, 3.8) is 0 Å². The molecule has 3 rings (SSSR count). The van der Waals surface area contributed by atoms with Crippen LogP contribution in [0.5, 0.6) is 0 Å². The van der Waals surface area contributed by atoms with Gasteiger partial charge in [-0.15, -0.1) is 0 Å². The number of carbonyl (C=O) groups excluding carboxylic acids is 3. The van der Waals surface area contributed by atoms with Gasteiger partial charge in [-0.05, 0) is 38.0 Å². The molecule has 2 aliphatic heterocycles. The van der Waals surface area contributed by atoms with Gasteiger partial charge in [0.15, 0.2) is 0 Å². The van der Waals surface area contributed by atoms with Gasteiger partial charge in [-0.2, -0.15) is 8.78 Å². The third kappa shape index (κ3) is 7.61. The molecule has 0 aliphatic carbocycles. The molecule has 0 spiro atoms. The van der Waals surface area contributed by atoms with Crippen LogP contribution in [0.3, 0.4) is 0 Å². The van der Waals surface area contributed by atoms with E-state index in [0.29, 0.717) is 19.8 Å². The molecule has 0 radical (unpaired) electrons. The number of halogens is 3. The van der Waals surface area contributed by atoms with E-state index in [0.717, 1.165) is 17.7 Å². The summed E-state index contributed by atoms with van der Waals surface area (Å²) in [6.07, 6.45) is -3.36. The maximum Gasteiger partial charge on any atom is 0.414 e. The SMILES string of the molecule is CCN(CCN(OC)C(=O)NC1CCOCC1)c1ccc(N2C[C@H](CNC(=O)C(F)F)OC2=O)cc1F. The molecular formula is C23H32F3N5O6. The fraction of sp³-hybridized carbons (Fsp3) is 0.609. The van der Waals surface area contributed by atoms with Crippen LogP contribution in [0.2, 0.25) is 0 Å². The van der Waals surface area contributed by atoms with Gasteiger partial charge in [-0.3, -0.25) is 14.5 Å². The van der Waals surface area contributed by atoms with E-state index < -0.39 is 30.3 Å². The number of likely N-dealkylation sites (N-methyl/N-ethyl adjacent to an activating group) is 1. The molecule has 0 unspecified atom stereocenters. The zero-order valence-electron chi connectivity index (χ0n) is 20.8. The standard InChI is InChI=1S/C23H32F3N5O6/c1-3-29(8-9-31(35-2)22(33)28-15-6-10-36-11-7-15)19-5-4-16(12-18(19)24)30-14-17(37-23(30)34)13-27-21(32)20(25)26/h4-5,12,15,17,20H,3,6-11,13-14H2,1-2H3,(H,27,32)(H,28,33)/t17-/m0/s1. The minimum atomic E-state index is -3.17. The molecule has 0 bridgehead atoms. The third-order valence-electron chi connectivity index (χ3n) is 6.11. The maximum atomic E-state index is 15.1. The lowest BCUT2D eigenvalue weighted by Crippen LogP contribution is -2.48. The Morgan fingerprint density at radius 2 is 1.97 bits per heavy atom. The molecule has 2 N–H and O–H groups in total. The zero-order valence-corrected chi connectivity index (χ0v) is 20.8. The summed E-state index contributed by atoms with van der Waals surface area (Å²) in [4.78, 5) is 43.9. The fourth-order valence-electron chi connectivity index (χ4n) is 4.08. The number of alkyl halides is 2. The predicted molar refractivity (Wildman–Crippen MR) is 127 cm³/mol. The van der Waals surface area contributed by atoms with Gasteiger partial charge in [0, 0.05) is 32.3 Å². The molecule has 2 saturated heterocycles. The van der Waals surface area contributed by atoms with Gasteiger partial charge >= 0.3 is 18.5 Å². The number of hydroxylamine groups is 2. The Morgan fingerprint density at radius 1 is 1.24 bits per heavy atom. The summed E-state index contributed by atoms with van der Waals surface area (Å²) in [5.74, 6) is -2.06. The van der Waals surface area contributed by atoms with Crippen LogP contribution >= 0.6 is 0 Å². The average molecular weight is 532 g/mol. The Bertz CT molecular complexity index is 949. The van der Waals surface area contributed by atoms with E-state index in [1.807, 2.05) is 12.2 Å². The van der Waals surface area contributed by atoms with E-state index in [4.69, 9.17) is 14.3 Å². The molecule has 2 fully saturated rings. The van der Waals surface area contributed by atoms with Crippen LogP contribution in [0.15, 0.2) is 18.2 Å². The largest absolute Gasteiger partial charge is 0.442 e. The maximum absolute atomic E-state index is 15.1. The molecule has 2 aliphatic rings. The van der Waals surface area contributed by atoms with E-state index in [9.17, 15) is 23.2 Å².